The number of fused-ring (bicyclic) bond motifs is 5. The molecule has 0 saturated heterocycles. The van der Waals surface area contributed by atoms with Gasteiger partial charge >= 0.3 is 5.97 Å². The number of para-hydroxylation sites is 2. The molecule has 0 saturated carbocycles. The molecule has 0 aliphatic heterocycles. The van der Waals surface area contributed by atoms with Gasteiger partial charge in [0.05, 0.1) is 23.1 Å². The highest BCUT2D eigenvalue weighted by Gasteiger charge is 2.24. The lowest BCUT2D eigenvalue weighted by molar-refractivity contribution is -0.137. The number of carbonyl (C=O) groups is 1. The van der Waals surface area contributed by atoms with Gasteiger partial charge in [0.25, 0.3) is 0 Å². The van der Waals surface area contributed by atoms with Gasteiger partial charge < -0.3 is 4.74 Å². The maximum Gasteiger partial charge on any atom is 0.313 e. The Balaban J connectivity index is 1.87. The van der Waals surface area contributed by atoms with Crippen LogP contribution >= 0.6 is 0 Å². The third kappa shape index (κ3) is 3.54. The molecule has 0 radical (unpaired) electrons. The third-order valence-electron chi connectivity index (χ3n) is 6.21. The molecule has 0 aliphatic rings. The lowest BCUT2D eigenvalue weighted by Crippen LogP contribution is -2.14. The Morgan fingerprint density at radius 1 is 0.853 bits per heavy atom. The molecule has 0 amide bonds. The second-order valence-corrected chi connectivity index (χ2v) is 9.77. The van der Waals surface area contributed by atoms with E-state index in [9.17, 15) is 4.79 Å². The minimum absolute atomic E-state index is 0.165. The number of aromatic nitrogens is 4. The van der Waals surface area contributed by atoms with E-state index in [1.165, 1.54) is 5.56 Å². The van der Waals surface area contributed by atoms with Crippen LogP contribution < -0.4 is 4.74 Å². The molecule has 0 aliphatic carbocycles. The molecule has 34 heavy (non-hydrogen) atoms. The topological polar surface area (TPSA) is 61.4 Å². The Bertz CT molecular complexity index is 1520. The molecule has 0 atom stereocenters. The summed E-state index contributed by atoms with van der Waals surface area (Å²) in [6.45, 7) is 12.3. The zero-order valence-electron chi connectivity index (χ0n) is 20.5. The van der Waals surface area contributed by atoms with Crippen molar-refractivity contribution in [1.82, 2.24) is 18.9 Å². The SMILES string of the molecule is CC(C)C(=O)Oc1cn(-c2ccc(C(C)C)cc2)c2nc(C(C)C)n3c4ccccc4nc3c12. The van der Waals surface area contributed by atoms with Gasteiger partial charge in [-0.1, -0.05) is 65.8 Å². The second-order valence-electron chi connectivity index (χ2n) is 9.77. The fourth-order valence-corrected chi connectivity index (χ4v) is 4.29. The summed E-state index contributed by atoms with van der Waals surface area (Å²) in [6, 6.07) is 16.5. The summed E-state index contributed by atoms with van der Waals surface area (Å²) in [4.78, 5) is 22.7. The van der Waals surface area contributed by atoms with E-state index in [1.54, 1.807) is 0 Å². The molecule has 5 rings (SSSR count). The second kappa shape index (κ2) is 8.28. The van der Waals surface area contributed by atoms with Gasteiger partial charge in [-0.3, -0.25) is 13.8 Å². The van der Waals surface area contributed by atoms with Crippen LogP contribution in [0, 0.1) is 5.92 Å². The fourth-order valence-electron chi connectivity index (χ4n) is 4.29. The number of benzene rings is 2. The van der Waals surface area contributed by atoms with E-state index < -0.39 is 0 Å². The molecule has 0 unspecified atom stereocenters. The number of hydrogen-bond acceptors (Lipinski definition) is 4. The molecular weight excluding hydrogens is 424 g/mol. The number of carbonyl (C=O) groups excluding carboxylic acids is 1. The van der Waals surface area contributed by atoms with Crippen LogP contribution in [0.1, 0.15) is 64.8 Å². The van der Waals surface area contributed by atoms with Crippen LogP contribution in [-0.4, -0.2) is 24.9 Å². The van der Waals surface area contributed by atoms with Crippen molar-refractivity contribution < 1.29 is 9.53 Å². The van der Waals surface area contributed by atoms with Crippen LogP contribution in [0.4, 0.5) is 0 Å². The Morgan fingerprint density at radius 3 is 2.21 bits per heavy atom. The average molecular weight is 455 g/mol. The molecule has 5 aromatic rings. The van der Waals surface area contributed by atoms with E-state index in [1.807, 2.05) is 42.8 Å². The lowest BCUT2D eigenvalue weighted by Gasteiger charge is -2.12. The maximum absolute atomic E-state index is 12.6. The van der Waals surface area contributed by atoms with Crippen LogP contribution in [0.15, 0.2) is 54.7 Å². The van der Waals surface area contributed by atoms with E-state index in [0.717, 1.165) is 39.2 Å². The van der Waals surface area contributed by atoms with E-state index in [-0.39, 0.29) is 17.8 Å². The van der Waals surface area contributed by atoms with Gasteiger partial charge in [-0.2, -0.15) is 0 Å². The van der Waals surface area contributed by atoms with Gasteiger partial charge in [-0.15, -0.1) is 0 Å². The van der Waals surface area contributed by atoms with Crippen molar-refractivity contribution in [3.05, 3.63) is 66.1 Å². The van der Waals surface area contributed by atoms with Gasteiger partial charge in [-0.25, -0.2) is 9.97 Å². The normalized spacial score (nSPS) is 12.1. The highest BCUT2D eigenvalue weighted by Crippen LogP contribution is 2.36. The van der Waals surface area contributed by atoms with Crippen molar-refractivity contribution in [3.63, 3.8) is 0 Å². The van der Waals surface area contributed by atoms with Gasteiger partial charge in [0.15, 0.2) is 17.0 Å². The summed E-state index contributed by atoms with van der Waals surface area (Å²) in [5, 5.41) is 0.738. The van der Waals surface area contributed by atoms with Gasteiger partial charge in [0, 0.05) is 11.6 Å². The highest BCUT2D eigenvalue weighted by atomic mass is 16.5. The van der Waals surface area contributed by atoms with Crippen molar-refractivity contribution >= 4 is 33.7 Å². The minimum Gasteiger partial charge on any atom is -0.424 e. The molecule has 3 heterocycles. The maximum atomic E-state index is 12.6. The van der Waals surface area contributed by atoms with Crippen molar-refractivity contribution in [2.75, 3.05) is 0 Å². The quantitative estimate of drug-likeness (QED) is 0.280. The summed E-state index contributed by atoms with van der Waals surface area (Å²) in [6.07, 6.45) is 1.87. The van der Waals surface area contributed by atoms with Crippen molar-refractivity contribution in [2.45, 2.75) is 53.4 Å². The predicted octanol–water partition coefficient (Wildman–Crippen LogP) is 6.63. The number of hydrogen-bond donors (Lipinski definition) is 0. The molecule has 0 N–H and O–H groups in total. The summed E-state index contributed by atoms with van der Waals surface area (Å²) in [5.41, 5.74) is 5.59. The molecule has 0 spiro atoms. The molecule has 3 aromatic heterocycles. The number of rotatable bonds is 5. The predicted molar refractivity (Wildman–Crippen MR) is 136 cm³/mol. The van der Waals surface area contributed by atoms with Crippen LogP contribution in [-0.2, 0) is 4.79 Å². The van der Waals surface area contributed by atoms with Crippen LogP contribution in [0.2, 0.25) is 0 Å². The fraction of sp³-hybridized carbons (Fsp3) is 0.321. The minimum atomic E-state index is -0.281. The van der Waals surface area contributed by atoms with Crippen molar-refractivity contribution in [2.24, 2.45) is 5.92 Å². The molecular formula is C28H30N4O2. The molecule has 0 bridgehead atoms. The number of esters is 1. The van der Waals surface area contributed by atoms with E-state index >= 15 is 0 Å². The van der Waals surface area contributed by atoms with E-state index in [4.69, 9.17) is 14.7 Å². The first-order valence-electron chi connectivity index (χ1n) is 11.9. The first-order valence-corrected chi connectivity index (χ1v) is 11.9. The Morgan fingerprint density at radius 2 is 1.56 bits per heavy atom. The zero-order valence-corrected chi connectivity index (χ0v) is 20.5. The van der Waals surface area contributed by atoms with Gasteiger partial charge in [0.2, 0.25) is 0 Å². The first-order chi connectivity index (χ1) is 16.3. The van der Waals surface area contributed by atoms with Gasteiger partial charge in [-0.05, 0) is 35.7 Å². The van der Waals surface area contributed by atoms with Gasteiger partial charge in [0.1, 0.15) is 11.2 Å². The summed E-state index contributed by atoms with van der Waals surface area (Å²) in [5.74, 6) is 1.47. The molecule has 6 heteroatoms. The standard InChI is InChI=1S/C28H30N4O2/c1-16(2)19-11-13-20(14-12-19)31-15-23(34-28(33)18(5)6)24-26(31)30-25(17(3)4)32-22-10-8-7-9-21(22)29-27(24)32/h7-18H,1-6H3. The Hall–Kier alpha value is -3.67. The van der Waals surface area contributed by atoms with Crippen LogP contribution in [0.3, 0.4) is 0 Å². The molecule has 2 aromatic carbocycles. The largest absolute Gasteiger partial charge is 0.424 e. The summed E-state index contributed by atoms with van der Waals surface area (Å²) in [7, 11) is 0. The summed E-state index contributed by atoms with van der Waals surface area (Å²) < 4.78 is 10.0. The van der Waals surface area contributed by atoms with Crippen LogP contribution in [0.5, 0.6) is 5.75 Å². The smallest absolute Gasteiger partial charge is 0.313 e. The Kier molecular flexibility index (Phi) is 5.39. The molecule has 6 nitrogen and oxygen atoms in total. The highest BCUT2D eigenvalue weighted by molar-refractivity contribution is 6.01. The van der Waals surface area contributed by atoms with Crippen molar-refractivity contribution in [1.29, 1.82) is 0 Å². The monoisotopic (exact) mass is 454 g/mol. The summed E-state index contributed by atoms with van der Waals surface area (Å²) >= 11 is 0. The molecule has 0 fully saturated rings. The average Bonchev–Trinajstić information content (AvgIpc) is 3.37. The Labute approximate surface area is 199 Å². The van der Waals surface area contributed by atoms with Crippen molar-refractivity contribution in [3.8, 4) is 11.4 Å². The van der Waals surface area contributed by atoms with E-state index in [2.05, 4.69) is 62.4 Å². The first kappa shape index (κ1) is 22.1. The van der Waals surface area contributed by atoms with Crippen LogP contribution in [0.25, 0.3) is 33.4 Å². The lowest BCUT2D eigenvalue weighted by atomic mass is 10.0. The third-order valence-corrected chi connectivity index (χ3v) is 6.21. The molecule has 174 valence electrons. The number of ether oxygens (including phenoxy) is 1. The number of imidazole rings is 1. The zero-order chi connectivity index (χ0) is 24.1. The number of nitrogens with zero attached hydrogens (tertiary/aromatic N) is 4. The van der Waals surface area contributed by atoms with E-state index in [0.29, 0.717) is 11.7 Å².